The van der Waals surface area contributed by atoms with Crippen LogP contribution < -0.4 is 16.4 Å². The molecule has 0 aliphatic carbocycles. The number of carbonyl (C=O) groups excluding carboxylic acids is 2. The van der Waals surface area contributed by atoms with Gasteiger partial charge in [0.25, 0.3) is 5.91 Å². The molecule has 4 N–H and O–H groups in total. The predicted octanol–water partition coefficient (Wildman–Crippen LogP) is 6.09. The Hall–Kier alpha value is -4.54. The Morgan fingerprint density at radius 3 is 2.46 bits per heavy atom. The van der Waals surface area contributed by atoms with E-state index in [1.165, 1.54) is 12.1 Å². The third-order valence-corrected chi connectivity index (χ3v) is 6.46. The molecule has 4 aromatic rings. The highest BCUT2D eigenvalue weighted by molar-refractivity contribution is 5.99. The second-order valence-corrected chi connectivity index (χ2v) is 10.8. The fraction of sp³-hybridized carbons (Fsp3) is 0.333. The molecule has 0 saturated heterocycles. The lowest BCUT2D eigenvalue weighted by atomic mass is 9.91. The molecule has 0 unspecified atom stereocenters. The molecule has 2 aromatic carbocycles. The Morgan fingerprint density at radius 2 is 1.80 bits per heavy atom. The number of halogens is 2. The molecule has 0 spiro atoms. The number of fused-ring (bicyclic) bond motifs is 1. The van der Waals surface area contributed by atoms with Gasteiger partial charge in [-0.15, -0.1) is 0 Å². The first-order valence-corrected chi connectivity index (χ1v) is 13.3. The van der Waals surface area contributed by atoms with E-state index < -0.39 is 41.1 Å². The summed E-state index contributed by atoms with van der Waals surface area (Å²) < 4.78 is 37.6. The highest BCUT2D eigenvalue weighted by Crippen LogP contribution is 2.33. The van der Waals surface area contributed by atoms with Crippen LogP contribution in [0, 0.1) is 17.6 Å². The number of nitrogens with two attached hydrogens (primary N) is 1. The molecule has 0 radical (unpaired) electrons. The highest BCUT2D eigenvalue weighted by Gasteiger charge is 2.28. The van der Waals surface area contributed by atoms with Crippen molar-refractivity contribution in [1.82, 2.24) is 14.8 Å². The second-order valence-electron chi connectivity index (χ2n) is 10.8. The molecule has 2 aromatic heterocycles. The molecular formula is C30H34F2N6O3. The topological polar surface area (TPSA) is 124 Å². The Labute approximate surface area is 237 Å². The van der Waals surface area contributed by atoms with Gasteiger partial charge in [-0.25, -0.2) is 13.8 Å². The van der Waals surface area contributed by atoms with Gasteiger partial charge in [-0.05, 0) is 63.9 Å². The lowest BCUT2D eigenvalue weighted by molar-refractivity contribution is -0.156. The molecule has 4 rings (SSSR count). The SMILES string of the molecule is CCn1ncc2cc(Nc3nc(N[C@H](c4ccccc4F)[C@H](C)CC(=O)OC(C)(C)C)c(F)cc3C(N)=O)ccc21. The van der Waals surface area contributed by atoms with Gasteiger partial charge in [0, 0.05) is 23.2 Å². The van der Waals surface area contributed by atoms with Crippen LogP contribution in [0.1, 0.15) is 63.0 Å². The van der Waals surface area contributed by atoms with Crippen LogP contribution in [0.25, 0.3) is 10.9 Å². The number of carbonyl (C=O) groups is 2. The summed E-state index contributed by atoms with van der Waals surface area (Å²) in [6.07, 6.45) is 1.65. The predicted molar refractivity (Wildman–Crippen MR) is 154 cm³/mol. The minimum atomic E-state index is -0.880. The second kappa shape index (κ2) is 11.9. The van der Waals surface area contributed by atoms with Crippen molar-refractivity contribution in [3.05, 3.63) is 77.5 Å². The maximum absolute atomic E-state index is 15.3. The zero-order valence-electron chi connectivity index (χ0n) is 23.7. The van der Waals surface area contributed by atoms with E-state index >= 15 is 4.39 Å². The van der Waals surface area contributed by atoms with E-state index in [4.69, 9.17) is 10.5 Å². The molecular weight excluding hydrogens is 530 g/mol. The maximum Gasteiger partial charge on any atom is 0.306 e. The average Bonchev–Trinajstić information content (AvgIpc) is 3.30. The number of pyridine rings is 1. The highest BCUT2D eigenvalue weighted by atomic mass is 19.1. The average molecular weight is 565 g/mol. The molecule has 41 heavy (non-hydrogen) atoms. The van der Waals surface area contributed by atoms with Gasteiger partial charge in [0.05, 0.1) is 29.7 Å². The minimum absolute atomic E-state index is 0.00992. The van der Waals surface area contributed by atoms with Crippen LogP contribution in [0.4, 0.5) is 26.1 Å². The number of primary amides is 1. The van der Waals surface area contributed by atoms with Gasteiger partial charge in [-0.3, -0.25) is 14.3 Å². The van der Waals surface area contributed by atoms with Gasteiger partial charge in [-0.1, -0.05) is 25.1 Å². The molecule has 0 fully saturated rings. The lowest BCUT2D eigenvalue weighted by Crippen LogP contribution is -2.28. The van der Waals surface area contributed by atoms with Crippen LogP contribution in [0.5, 0.6) is 0 Å². The van der Waals surface area contributed by atoms with Crippen molar-refractivity contribution in [1.29, 1.82) is 0 Å². The van der Waals surface area contributed by atoms with Gasteiger partial charge < -0.3 is 21.1 Å². The van der Waals surface area contributed by atoms with Crippen molar-refractivity contribution in [3.8, 4) is 0 Å². The fourth-order valence-corrected chi connectivity index (χ4v) is 4.59. The van der Waals surface area contributed by atoms with Crippen molar-refractivity contribution in [2.24, 2.45) is 11.7 Å². The number of aromatic nitrogens is 3. The standard InChI is InChI=1S/C30H34F2N6O3/c1-6-38-24-12-11-19(14-18(24)16-34-38)35-28-21(27(33)40)15-23(32)29(37-28)36-26(20-9-7-8-10-22(20)31)17(2)13-25(39)41-30(3,4)5/h7-12,14-17,26H,6,13H2,1-5H3,(H2,33,40)(H2,35,36,37)/t17-,26+/m1/s1. The fourth-order valence-electron chi connectivity index (χ4n) is 4.59. The summed E-state index contributed by atoms with van der Waals surface area (Å²) in [7, 11) is 0. The zero-order chi connectivity index (χ0) is 29.9. The number of nitrogens with zero attached hydrogens (tertiary/aromatic N) is 3. The number of hydrogen-bond donors (Lipinski definition) is 3. The van der Waals surface area contributed by atoms with E-state index in [1.54, 1.807) is 52.1 Å². The van der Waals surface area contributed by atoms with Gasteiger partial charge >= 0.3 is 5.97 Å². The summed E-state index contributed by atoms with van der Waals surface area (Å²) in [5, 5.41) is 11.2. The number of ether oxygens (including phenoxy) is 1. The monoisotopic (exact) mass is 564 g/mol. The summed E-state index contributed by atoms with van der Waals surface area (Å²) in [6, 6.07) is 11.6. The first-order valence-electron chi connectivity index (χ1n) is 13.3. The molecule has 0 saturated carbocycles. The smallest absolute Gasteiger partial charge is 0.306 e. The molecule has 2 heterocycles. The number of anilines is 3. The van der Waals surface area contributed by atoms with Gasteiger partial charge in [0.15, 0.2) is 11.6 Å². The minimum Gasteiger partial charge on any atom is -0.460 e. The van der Waals surface area contributed by atoms with E-state index in [9.17, 15) is 14.0 Å². The largest absolute Gasteiger partial charge is 0.460 e. The molecule has 11 heteroatoms. The van der Waals surface area contributed by atoms with Crippen LogP contribution in [0.15, 0.2) is 54.7 Å². The van der Waals surface area contributed by atoms with Crippen LogP contribution >= 0.6 is 0 Å². The normalized spacial score (nSPS) is 13.0. The van der Waals surface area contributed by atoms with Crippen molar-refractivity contribution in [2.75, 3.05) is 10.6 Å². The molecule has 0 aliphatic rings. The molecule has 2 atom stereocenters. The molecule has 0 aliphatic heterocycles. The molecule has 1 amide bonds. The molecule has 9 nitrogen and oxygen atoms in total. The summed E-state index contributed by atoms with van der Waals surface area (Å²) >= 11 is 0. The Kier molecular flexibility index (Phi) is 8.55. The van der Waals surface area contributed by atoms with Gasteiger partial charge in [-0.2, -0.15) is 5.10 Å². The van der Waals surface area contributed by atoms with E-state index in [1.807, 2.05) is 23.7 Å². The van der Waals surface area contributed by atoms with E-state index in [0.29, 0.717) is 12.2 Å². The summed E-state index contributed by atoms with van der Waals surface area (Å²) in [6.45, 7) is 9.68. The number of aryl methyl sites for hydroxylation is 1. The Morgan fingerprint density at radius 1 is 1.07 bits per heavy atom. The van der Waals surface area contributed by atoms with Crippen LogP contribution in [0.3, 0.4) is 0 Å². The first kappa shape index (κ1) is 29.4. The Bertz CT molecular complexity index is 1580. The lowest BCUT2D eigenvalue weighted by Gasteiger charge is -2.28. The summed E-state index contributed by atoms with van der Waals surface area (Å²) in [5.74, 6) is -3.53. The number of esters is 1. The molecule has 216 valence electrons. The van der Waals surface area contributed by atoms with Crippen molar-refractivity contribution in [2.45, 2.75) is 59.2 Å². The number of benzene rings is 2. The molecule has 0 bridgehead atoms. The number of amides is 1. The quantitative estimate of drug-likeness (QED) is 0.199. The van der Waals surface area contributed by atoms with E-state index in [-0.39, 0.29) is 29.2 Å². The van der Waals surface area contributed by atoms with Crippen LogP contribution in [-0.2, 0) is 16.1 Å². The summed E-state index contributed by atoms with van der Waals surface area (Å²) in [5.41, 5.74) is 6.40. The van der Waals surface area contributed by atoms with Crippen molar-refractivity contribution < 1.29 is 23.1 Å². The van der Waals surface area contributed by atoms with Crippen molar-refractivity contribution >= 4 is 40.1 Å². The zero-order valence-corrected chi connectivity index (χ0v) is 23.7. The number of rotatable bonds is 10. The van der Waals surface area contributed by atoms with Gasteiger partial charge in [0.2, 0.25) is 0 Å². The van der Waals surface area contributed by atoms with E-state index in [0.717, 1.165) is 17.0 Å². The number of hydrogen-bond acceptors (Lipinski definition) is 7. The van der Waals surface area contributed by atoms with Crippen LogP contribution in [0.2, 0.25) is 0 Å². The third kappa shape index (κ3) is 6.97. The van der Waals surface area contributed by atoms with Gasteiger partial charge in [0.1, 0.15) is 17.2 Å². The van der Waals surface area contributed by atoms with Crippen LogP contribution in [-0.4, -0.2) is 32.2 Å². The third-order valence-electron chi connectivity index (χ3n) is 6.46. The summed E-state index contributed by atoms with van der Waals surface area (Å²) in [4.78, 5) is 29.2. The first-order chi connectivity index (χ1) is 19.4. The maximum atomic E-state index is 15.3. The number of nitrogens with one attached hydrogen (secondary N) is 2. The van der Waals surface area contributed by atoms with Crippen molar-refractivity contribution in [3.63, 3.8) is 0 Å². The Balaban J connectivity index is 1.70. The van der Waals surface area contributed by atoms with E-state index in [2.05, 4.69) is 20.7 Å².